The van der Waals surface area contributed by atoms with E-state index in [9.17, 15) is 14.4 Å². The van der Waals surface area contributed by atoms with Gasteiger partial charge in [0.25, 0.3) is 0 Å². The summed E-state index contributed by atoms with van der Waals surface area (Å²) < 4.78 is 0. The zero-order chi connectivity index (χ0) is 10.6. The SMILES string of the molecule is O=C(O)CC(O)(CC(=O)O)C(=O)O.[GeH4].[NaH]. The molecule has 7 nitrogen and oxygen atoms in total. The van der Waals surface area contributed by atoms with Crippen LogP contribution in [0.5, 0.6) is 0 Å². The third kappa shape index (κ3) is 7.80. The number of carboxylic acid groups (broad SMARTS) is 3. The molecule has 0 aliphatic heterocycles. The molecule has 4 N–H and O–H groups in total. The quantitative estimate of drug-likeness (QED) is 0.389. The van der Waals surface area contributed by atoms with Crippen LogP contribution >= 0.6 is 0 Å². The molecule has 0 radical (unpaired) electrons. The number of aliphatic hydroxyl groups is 1. The Kier molecular flexibility index (Phi) is 11.0. The van der Waals surface area contributed by atoms with Crippen LogP contribution < -0.4 is 0 Å². The van der Waals surface area contributed by atoms with Crippen molar-refractivity contribution in [2.75, 3.05) is 0 Å². The van der Waals surface area contributed by atoms with Crippen molar-refractivity contribution in [2.45, 2.75) is 18.4 Å². The Hall–Kier alpha value is -0.0871. The summed E-state index contributed by atoms with van der Waals surface area (Å²) in [6.45, 7) is 0. The molecule has 0 unspecified atom stereocenters. The molecule has 0 fully saturated rings. The predicted molar refractivity (Wildman–Crippen MR) is 55.6 cm³/mol. The van der Waals surface area contributed by atoms with Crippen LogP contribution in [0.15, 0.2) is 0 Å². The van der Waals surface area contributed by atoms with Gasteiger partial charge in [0, 0.05) is 0 Å². The van der Waals surface area contributed by atoms with Gasteiger partial charge in [-0.3, -0.25) is 9.59 Å². The summed E-state index contributed by atoms with van der Waals surface area (Å²) in [6, 6.07) is 0. The molecular formula is C6H13GeNaO7. The third-order valence-corrected chi connectivity index (χ3v) is 1.29. The van der Waals surface area contributed by atoms with Crippen molar-refractivity contribution in [2.24, 2.45) is 0 Å². The standard InChI is InChI=1S/C6H8O7.GeH4.Na.H/c7-3(8)1-6(13,5(11)12)2-4(9)10;;;/h13H,1-2H2,(H,7,8)(H,9,10)(H,11,12);1H4;;. The molecule has 0 aliphatic carbocycles. The molecule has 0 spiro atoms. The number of hydrogen-bond donors (Lipinski definition) is 4. The normalized spacial score (nSPS) is 9.40. The van der Waals surface area contributed by atoms with Crippen molar-refractivity contribution in [3.63, 3.8) is 0 Å². The monoisotopic (exact) mass is 294 g/mol. The van der Waals surface area contributed by atoms with Gasteiger partial charge in [0.15, 0.2) is 5.60 Å². The number of rotatable bonds is 5. The Bertz CT molecular complexity index is 238. The molecule has 0 aromatic rings. The van der Waals surface area contributed by atoms with Crippen LogP contribution in [-0.2, 0) is 14.4 Å². The van der Waals surface area contributed by atoms with Gasteiger partial charge in [-0.25, -0.2) is 4.79 Å². The van der Waals surface area contributed by atoms with Crippen LogP contribution in [0.25, 0.3) is 0 Å². The van der Waals surface area contributed by atoms with Crippen LogP contribution in [0, 0.1) is 0 Å². The van der Waals surface area contributed by atoms with E-state index in [0.29, 0.717) is 0 Å². The van der Waals surface area contributed by atoms with E-state index >= 15 is 0 Å². The summed E-state index contributed by atoms with van der Waals surface area (Å²) in [7, 11) is 0. The van der Waals surface area contributed by atoms with Gasteiger partial charge in [0.1, 0.15) is 0 Å². The van der Waals surface area contributed by atoms with Gasteiger partial charge in [-0.2, -0.15) is 0 Å². The second kappa shape index (κ2) is 8.11. The van der Waals surface area contributed by atoms with Gasteiger partial charge in [-0.1, -0.05) is 0 Å². The van der Waals surface area contributed by atoms with Gasteiger partial charge in [0.2, 0.25) is 0 Å². The molecule has 0 rings (SSSR count). The summed E-state index contributed by atoms with van der Waals surface area (Å²) >= 11 is 0. The summed E-state index contributed by atoms with van der Waals surface area (Å²) in [5.41, 5.74) is -2.74. The van der Waals surface area contributed by atoms with E-state index in [2.05, 4.69) is 0 Å². The number of carbonyl (C=O) groups is 3. The zero-order valence-electron chi connectivity index (χ0n) is 6.43. The number of hydrogen-bond acceptors (Lipinski definition) is 4. The molecule has 0 bridgehead atoms. The molecule has 0 saturated heterocycles. The topological polar surface area (TPSA) is 132 Å². The average Bonchev–Trinajstić information content (AvgIpc) is 1.82. The maximum absolute atomic E-state index is 10.3. The van der Waals surface area contributed by atoms with Crippen molar-refractivity contribution in [1.82, 2.24) is 0 Å². The van der Waals surface area contributed by atoms with Gasteiger partial charge in [-0.05, 0) is 0 Å². The molecule has 9 heteroatoms. The van der Waals surface area contributed by atoms with Crippen LogP contribution in [0.1, 0.15) is 12.8 Å². The molecule has 0 aromatic carbocycles. The van der Waals surface area contributed by atoms with E-state index in [4.69, 9.17) is 20.4 Å². The van der Waals surface area contributed by atoms with Gasteiger partial charge in [-0.15, -0.1) is 0 Å². The van der Waals surface area contributed by atoms with E-state index in [1.54, 1.807) is 0 Å². The van der Waals surface area contributed by atoms with E-state index in [-0.39, 0.29) is 47.2 Å². The third-order valence-electron chi connectivity index (χ3n) is 1.29. The first-order valence-electron chi connectivity index (χ1n) is 3.17. The predicted octanol–water partition coefficient (Wildman–Crippen LogP) is -3.35. The Morgan fingerprint density at radius 3 is 1.33 bits per heavy atom. The Morgan fingerprint density at radius 1 is 0.933 bits per heavy atom. The number of aliphatic carboxylic acids is 3. The maximum atomic E-state index is 10.3. The van der Waals surface area contributed by atoms with Crippen molar-refractivity contribution < 1.29 is 34.8 Å². The van der Waals surface area contributed by atoms with Crippen LogP contribution in [0.4, 0.5) is 0 Å². The number of carboxylic acids is 3. The molecule has 0 atom stereocenters. The minimum atomic E-state index is -2.74. The molecule has 15 heavy (non-hydrogen) atoms. The van der Waals surface area contributed by atoms with Crippen LogP contribution in [0.3, 0.4) is 0 Å². The van der Waals surface area contributed by atoms with Crippen molar-refractivity contribution in [3.05, 3.63) is 0 Å². The molecule has 0 aliphatic rings. The van der Waals surface area contributed by atoms with Crippen molar-refractivity contribution in [3.8, 4) is 0 Å². The molecule has 0 heterocycles. The molecular weight excluding hydrogens is 280 g/mol. The Balaban J connectivity index is -0.000000720. The van der Waals surface area contributed by atoms with E-state index in [0.717, 1.165) is 0 Å². The van der Waals surface area contributed by atoms with Gasteiger partial charge in [0.05, 0.1) is 12.8 Å². The summed E-state index contributed by atoms with van der Waals surface area (Å²) in [4.78, 5) is 30.5. The first kappa shape index (κ1) is 20.3. The van der Waals surface area contributed by atoms with Crippen LogP contribution in [0.2, 0.25) is 0 Å². The first-order chi connectivity index (χ1) is 5.78. The molecule has 0 saturated carbocycles. The van der Waals surface area contributed by atoms with E-state index in [1.165, 1.54) is 0 Å². The molecule has 84 valence electrons. The van der Waals surface area contributed by atoms with Crippen molar-refractivity contribution in [1.29, 1.82) is 0 Å². The fourth-order valence-corrected chi connectivity index (χ4v) is 0.714. The minimum absolute atomic E-state index is 0. The van der Waals surface area contributed by atoms with Crippen LogP contribution in [-0.4, -0.2) is 91.1 Å². The fraction of sp³-hybridized carbons (Fsp3) is 0.500. The second-order valence-corrected chi connectivity index (χ2v) is 2.48. The van der Waals surface area contributed by atoms with Crippen molar-refractivity contribution >= 4 is 65.1 Å². The zero-order valence-corrected chi connectivity index (χ0v) is 6.43. The fourth-order valence-electron chi connectivity index (χ4n) is 0.714. The summed E-state index contributed by atoms with van der Waals surface area (Å²) in [5, 5.41) is 33.8. The van der Waals surface area contributed by atoms with Gasteiger partial charge >= 0.3 is 65.1 Å². The Morgan fingerprint density at radius 2 is 1.20 bits per heavy atom. The second-order valence-electron chi connectivity index (χ2n) is 2.48. The Labute approximate surface area is 118 Å². The average molecular weight is 293 g/mol. The molecule has 0 amide bonds. The molecule has 0 aromatic heterocycles. The van der Waals surface area contributed by atoms with Gasteiger partial charge < -0.3 is 20.4 Å². The van der Waals surface area contributed by atoms with E-state index in [1.807, 2.05) is 0 Å². The summed E-state index contributed by atoms with van der Waals surface area (Å²) in [5.74, 6) is -5.02. The van der Waals surface area contributed by atoms with E-state index < -0.39 is 36.4 Å². The first-order valence-corrected chi connectivity index (χ1v) is 3.17. The summed E-state index contributed by atoms with van der Waals surface area (Å²) in [6.07, 6.45) is -2.29.